The molecular weight excluding hydrogens is 244 g/mol. The highest BCUT2D eigenvalue weighted by molar-refractivity contribution is 5.92. The molecule has 1 heterocycles. The van der Waals surface area contributed by atoms with Crippen molar-refractivity contribution in [3.8, 4) is 0 Å². The van der Waals surface area contributed by atoms with E-state index in [0.717, 1.165) is 26.1 Å². The first-order valence-corrected chi connectivity index (χ1v) is 6.50. The lowest BCUT2D eigenvalue weighted by atomic mass is 10.3. The number of anilines is 1. The van der Waals surface area contributed by atoms with Gasteiger partial charge < -0.3 is 15.6 Å². The zero-order valence-corrected chi connectivity index (χ0v) is 11.5. The predicted molar refractivity (Wildman–Crippen MR) is 74.6 cm³/mol. The number of aromatic nitrogens is 2. The molecule has 0 aromatic carbocycles. The number of amides is 1. The van der Waals surface area contributed by atoms with Crippen LogP contribution in [-0.4, -0.2) is 47.0 Å². The normalized spacial score (nSPS) is 10.5. The molecule has 0 spiro atoms. The molecule has 0 saturated heterocycles. The Morgan fingerprint density at radius 3 is 2.79 bits per heavy atom. The van der Waals surface area contributed by atoms with E-state index in [1.807, 2.05) is 0 Å². The van der Waals surface area contributed by atoms with Crippen LogP contribution < -0.4 is 16.6 Å². The van der Waals surface area contributed by atoms with Gasteiger partial charge in [0.05, 0.1) is 12.4 Å². The van der Waals surface area contributed by atoms with Gasteiger partial charge in [0.25, 0.3) is 5.91 Å². The summed E-state index contributed by atoms with van der Waals surface area (Å²) >= 11 is 0. The Morgan fingerprint density at radius 2 is 2.16 bits per heavy atom. The summed E-state index contributed by atoms with van der Waals surface area (Å²) < 4.78 is 0. The molecule has 1 amide bonds. The molecule has 0 fully saturated rings. The van der Waals surface area contributed by atoms with Crippen LogP contribution in [0.15, 0.2) is 12.4 Å². The van der Waals surface area contributed by atoms with Gasteiger partial charge in [-0.15, -0.1) is 0 Å². The molecule has 0 atom stereocenters. The van der Waals surface area contributed by atoms with Crippen molar-refractivity contribution in [3.63, 3.8) is 0 Å². The third kappa shape index (κ3) is 5.19. The summed E-state index contributed by atoms with van der Waals surface area (Å²) in [5, 5.41) is 2.82. The summed E-state index contributed by atoms with van der Waals surface area (Å²) in [6, 6.07) is 0. The van der Waals surface area contributed by atoms with E-state index in [0.29, 0.717) is 12.4 Å². The van der Waals surface area contributed by atoms with E-state index >= 15 is 0 Å². The van der Waals surface area contributed by atoms with Crippen LogP contribution >= 0.6 is 0 Å². The van der Waals surface area contributed by atoms with Crippen molar-refractivity contribution in [2.75, 3.05) is 31.6 Å². The monoisotopic (exact) mass is 266 g/mol. The van der Waals surface area contributed by atoms with Gasteiger partial charge >= 0.3 is 0 Å². The fourth-order valence-electron chi connectivity index (χ4n) is 1.71. The molecule has 7 nitrogen and oxygen atoms in total. The first kappa shape index (κ1) is 15.3. The van der Waals surface area contributed by atoms with Gasteiger partial charge in [-0.05, 0) is 19.5 Å². The van der Waals surface area contributed by atoms with Crippen LogP contribution in [0.1, 0.15) is 30.8 Å². The first-order chi connectivity index (χ1) is 9.21. The van der Waals surface area contributed by atoms with E-state index in [9.17, 15) is 4.79 Å². The maximum Gasteiger partial charge on any atom is 0.271 e. The van der Waals surface area contributed by atoms with Crippen molar-refractivity contribution in [1.82, 2.24) is 20.2 Å². The molecule has 1 rings (SSSR count). The lowest BCUT2D eigenvalue weighted by Gasteiger charge is -2.19. The van der Waals surface area contributed by atoms with Gasteiger partial charge in [0, 0.05) is 13.1 Å². The molecule has 0 aliphatic rings. The van der Waals surface area contributed by atoms with Crippen LogP contribution in [0.25, 0.3) is 0 Å². The van der Waals surface area contributed by atoms with Crippen molar-refractivity contribution in [3.05, 3.63) is 18.1 Å². The Labute approximate surface area is 113 Å². The van der Waals surface area contributed by atoms with Crippen LogP contribution in [-0.2, 0) is 0 Å². The summed E-state index contributed by atoms with van der Waals surface area (Å²) in [7, 11) is 0. The summed E-state index contributed by atoms with van der Waals surface area (Å²) in [6.07, 6.45) is 3.98. The molecule has 0 saturated carbocycles. The van der Waals surface area contributed by atoms with Crippen LogP contribution in [0.2, 0.25) is 0 Å². The number of carbonyl (C=O) groups is 1. The highest BCUT2D eigenvalue weighted by atomic mass is 16.1. The second-order valence-electron chi connectivity index (χ2n) is 4.12. The number of nitrogens with zero attached hydrogens (tertiary/aromatic N) is 3. The van der Waals surface area contributed by atoms with E-state index in [-0.39, 0.29) is 11.6 Å². The number of likely N-dealkylation sites (N-methyl/N-ethyl adjacent to an activating group) is 1. The number of rotatable bonds is 8. The van der Waals surface area contributed by atoms with E-state index in [1.165, 1.54) is 12.4 Å². The Morgan fingerprint density at radius 1 is 1.37 bits per heavy atom. The van der Waals surface area contributed by atoms with Gasteiger partial charge in [0.15, 0.2) is 5.82 Å². The van der Waals surface area contributed by atoms with Gasteiger partial charge in [0.1, 0.15) is 5.69 Å². The highest BCUT2D eigenvalue weighted by Gasteiger charge is 2.08. The largest absolute Gasteiger partial charge is 0.349 e. The molecule has 0 bridgehead atoms. The van der Waals surface area contributed by atoms with Gasteiger partial charge in [-0.1, -0.05) is 13.8 Å². The number of nitrogen functional groups attached to an aromatic ring is 1. The fraction of sp³-hybridized carbons (Fsp3) is 0.583. The zero-order valence-electron chi connectivity index (χ0n) is 11.5. The molecule has 7 heteroatoms. The fourth-order valence-corrected chi connectivity index (χ4v) is 1.71. The molecule has 0 radical (unpaired) electrons. The maximum absolute atomic E-state index is 11.8. The number of carbonyl (C=O) groups excluding carboxylic acids is 1. The SMILES string of the molecule is CCCN(CC)CCNC(=O)c1cncc(NN)n1. The minimum absolute atomic E-state index is 0.239. The van der Waals surface area contributed by atoms with Crippen molar-refractivity contribution in [1.29, 1.82) is 0 Å². The molecule has 106 valence electrons. The average Bonchev–Trinajstić information content (AvgIpc) is 2.46. The molecule has 19 heavy (non-hydrogen) atoms. The first-order valence-electron chi connectivity index (χ1n) is 6.50. The Hall–Kier alpha value is -1.73. The van der Waals surface area contributed by atoms with Crippen molar-refractivity contribution >= 4 is 11.7 Å². The van der Waals surface area contributed by atoms with E-state index in [4.69, 9.17) is 5.84 Å². The van der Waals surface area contributed by atoms with Crippen molar-refractivity contribution in [2.24, 2.45) is 5.84 Å². The van der Waals surface area contributed by atoms with Crippen LogP contribution in [0, 0.1) is 0 Å². The van der Waals surface area contributed by atoms with Gasteiger partial charge in [-0.25, -0.2) is 10.8 Å². The second-order valence-corrected chi connectivity index (χ2v) is 4.12. The number of nitrogens with one attached hydrogen (secondary N) is 2. The third-order valence-corrected chi connectivity index (χ3v) is 2.72. The van der Waals surface area contributed by atoms with E-state index < -0.39 is 0 Å². The summed E-state index contributed by atoms with van der Waals surface area (Å²) in [5.41, 5.74) is 2.62. The third-order valence-electron chi connectivity index (χ3n) is 2.72. The molecule has 1 aromatic rings. The molecule has 0 aliphatic heterocycles. The number of hydrogen-bond donors (Lipinski definition) is 3. The zero-order chi connectivity index (χ0) is 14.1. The number of hydrazine groups is 1. The summed E-state index contributed by atoms with van der Waals surface area (Å²) in [5.74, 6) is 5.35. The quantitative estimate of drug-likeness (QED) is 0.460. The van der Waals surface area contributed by atoms with Crippen LogP contribution in [0.4, 0.5) is 5.82 Å². The standard InChI is InChI=1S/C12H22N6O/c1-3-6-18(4-2)7-5-15-12(19)10-8-14-9-11(16-10)17-13/h8-9H,3-7,13H2,1-2H3,(H,15,19)(H,16,17). The van der Waals surface area contributed by atoms with Gasteiger partial charge in [-0.2, -0.15) is 0 Å². The molecule has 0 unspecified atom stereocenters. The molecule has 1 aromatic heterocycles. The average molecular weight is 266 g/mol. The van der Waals surface area contributed by atoms with Crippen LogP contribution in [0.3, 0.4) is 0 Å². The number of nitrogens with two attached hydrogens (primary N) is 1. The molecule has 4 N–H and O–H groups in total. The molecule has 0 aliphatic carbocycles. The van der Waals surface area contributed by atoms with Gasteiger partial charge in [-0.3, -0.25) is 9.78 Å². The van der Waals surface area contributed by atoms with Crippen molar-refractivity contribution in [2.45, 2.75) is 20.3 Å². The Bertz CT molecular complexity index is 398. The minimum Gasteiger partial charge on any atom is -0.349 e. The smallest absolute Gasteiger partial charge is 0.271 e. The molecular formula is C12H22N6O. The van der Waals surface area contributed by atoms with E-state index in [1.54, 1.807) is 0 Å². The lowest BCUT2D eigenvalue weighted by molar-refractivity contribution is 0.0943. The minimum atomic E-state index is -0.239. The van der Waals surface area contributed by atoms with Crippen LogP contribution in [0.5, 0.6) is 0 Å². The predicted octanol–water partition coefficient (Wildman–Crippen LogP) is 0.224. The Balaban J connectivity index is 2.42. The van der Waals surface area contributed by atoms with E-state index in [2.05, 4.69) is 39.5 Å². The number of hydrogen-bond acceptors (Lipinski definition) is 6. The Kier molecular flexibility index (Phi) is 6.76. The topological polar surface area (TPSA) is 96.2 Å². The summed E-state index contributed by atoms with van der Waals surface area (Å²) in [6.45, 7) is 7.70. The van der Waals surface area contributed by atoms with Gasteiger partial charge in [0.2, 0.25) is 0 Å². The summed E-state index contributed by atoms with van der Waals surface area (Å²) in [4.78, 5) is 22.0. The van der Waals surface area contributed by atoms with Crippen molar-refractivity contribution < 1.29 is 4.79 Å². The highest BCUT2D eigenvalue weighted by Crippen LogP contribution is 1.99. The second kappa shape index (κ2) is 8.39. The lowest BCUT2D eigenvalue weighted by Crippen LogP contribution is -2.35. The maximum atomic E-state index is 11.8.